The summed E-state index contributed by atoms with van der Waals surface area (Å²) in [7, 11) is 0. The summed E-state index contributed by atoms with van der Waals surface area (Å²) in [4.78, 5) is 14.4. The minimum absolute atomic E-state index is 0. The summed E-state index contributed by atoms with van der Waals surface area (Å²) in [5, 5.41) is 9.50. The van der Waals surface area contributed by atoms with Gasteiger partial charge >= 0.3 is 6.18 Å². The van der Waals surface area contributed by atoms with Crippen molar-refractivity contribution in [1.29, 1.82) is 0 Å². The van der Waals surface area contributed by atoms with E-state index in [4.69, 9.17) is 4.74 Å². The summed E-state index contributed by atoms with van der Waals surface area (Å²) in [6.45, 7) is 8.45. The topological polar surface area (TPSA) is 86.7 Å². The van der Waals surface area contributed by atoms with Crippen molar-refractivity contribution in [2.24, 2.45) is 10.9 Å². The van der Waals surface area contributed by atoms with E-state index in [9.17, 15) is 13.2 Å². The van der Waals surface area contributed by atoms with Crippen LogP contribution in [0.3, 0.4) is 0 Å². The van der Waals surface area contributed by atoms with Crippen LogP contribution in [0.2, 0.25) is 0 Å². The molecular formula is C20H33F3IN7O. The molecule has 1 unspecified atom stereocenters. The van der Waals surface area contributed by atoms with Crippen molar-refractivity contribution < 1.29 is 17.9 Å². The number of anilines is 1. The lowest BCUT2D eigenvalue weighted by molar-refractivity contribution is -0.141. The van der Waals surface area contributed by atoms with E-state index in [1.807, 2.05) is 6.92 Å². The number of ether oxygens (including phenoxy) is 1. The van der Waals surface area contributed by atoms with Gasteiger partial charge in [-0.25, -0.2) is 9.97 Å². The van der Waals surface area contributed by atoms with Gasteiger partial charge in [-0.2, -0.15) is 13.2 Å². The molecule has 2 aliphatic rings. The first-order valence-corrected chi connectivity index (χ1v) is 10.9. The quantitative estimate of drug-likeness (QED) is 0.192. The van der Waals surface area contributed by atoms with Gasteiger partial charge in [-0.05, 0) is 38.2 Å². The number of aliphatic imine (C=N–C) groups is 1. The molecule has 0 radical (unpaired) electrons. The predicted octanol–water partition coefficient (Wildman–Crippen LogP) is 2.58. The molecule has 0 aliphatic carbocycles. The maximum atomic E-state index is 12.7. The fourth-order valence-corrected chi connectivity index (χ4v) is 3.80. The van der Waals surface area contributed by atoms with Gasteiger partial charge in [0.2, 0.25) is 5.95 Å². The molecule has 0 saturated carbocycles. The van der Waals surface area contributed by atoms with Gasteiger partial charge in [0, 0.05) is 51.6 Å². The first kappa shape index (κ1) is 26.8. The third-order valence-corrected chi connectivity index (χ3v) is 5.42. The molecule has 3 heterocycles. The standard InChI is InChI=1S/C20H32F3N7O.HI/c1-2-24-18(26-8-9-27-19-25-7-3-17(29-19)20(21,22)23)28-16-4-10-30(11-5-16)13-15-6-12-31-14-15;/h3,7,15-16H,2,4-6,8-14H2,1H3,(H2,24,26,28)(H,25,27,29);1H. The predicted molar refractivity (Wildman–Crippen MR) is 128 cm³/mol. The van der Waals surface area contributed by atoms with Crippen LogP contribution in [-0.4, -0.2) is 79.4 Å². The molecule has 182 valence electrons. The first-order chi connectivity index (χ1) is 14.9. The average Bonchev–Trinajstić information content (AvgIpc) is 3.25. The van der Waals surface area contributed by atoms with E-state index in [1.54, 1.807) is 0 Å². The second-order valence-electron chi connectivity index (χ2n) is 7.90. The molecule has 2 aliphatic heterocycles. The number of piperidine rings is 1. The van der Waals surface area contributed by atoms with E-state index >= 15 is 0 Å². The third-order valence-electron chi connectivity index (χ3n) is 5.42. The Labute approximate surface area is 204 Å². The Bertz CT molecular complexity index is 709. The number of rotatable bonds is 8. The van der Waals surface area contributed by atoms with Gasteiger partial charge in [0.25, 0.3) is 0 Å². The minimum atomic E-state index is -4.49. The average molecular weight is 571 g/mol. The molecular weight excluding hydrogens is 538 g/mol. The van der Waals surface area contributed by atoms with E-state index in [-0.39, 0.29) is 29.9 Å². The van der Waals surface area contributed by atoms with Crippen LogP contribution in [-0.2, 0) is 10.9 Å². The molecule has 0 amide bonds. The van der Waals surface area contributed by atoms with Crippen molar-refractivity contribution in [3.8, 4) is 0 Å². The van der Waals surface area contributed by atoms with Crippen LogP contribution in [0, 0.1) is 5.92 Å². The Kier molecular flexibility index (Phi) is 11.2. The smallest absolute Gasteiger partial charge is 0.381 e. The van der Waals surface area contributed by atoms with Crippen molar-refractivity contribution in [2.45, 2.75) is 38.4 Å². The van der Waals surface area contributed by atoms with Crippen molar-refractivity contribution in [3.05, 3.63) is 18.0 Å². The van der Waals surface area contributed by atoms with Gasteiger partial charge in [-0.3, -0.25) is 4.99 Å². The first-order valence-electron chi connectivity index (χ1n) is 10.9. The Balaban J connectivity index is 0.00000363. The third kappa shape index (κ3) is 8.85. The molecule has 0 spiro atoms. The number of nitrogens with one attached hydrogen (secondary N) is 3. The molecule has 3 N–H and O–H groups in total. The van der Waals surface area contributed by atoms with E-state index in [0.29, 0.717) is 25.0 Å². The van der Waals surface area contributed by atoms with Crippen molar-refractivity contribution >= 4 is 35.9 Å². The zero-order valence-electron chi connectivity index (χ0n) is 18.3. The van der Waals surface area contributed by atoms with Crippen molar-refractivity contribution in [1.82, 2.24) is 25.5 Å². The summed E-state index contributed by atoms with van der Waals surface area (Å²) in [5.74, 6) is 1.33. The lowest BCUT2D eigenvalue weighted by atomic mass is 10.0. The molecule has 1 atom stereocenters. The van der Waals surface area contributed by atoms with Crippen LogP contribution in [0.4, 0.5) is 19.1 Å². The maximum absolute atomic E-state index is 12.7. The van der Waals surface area contributed by atoms with E-state index in [2.05, 4.69) is 35.8 Å². The normalized spacial score (nSPS) is 20.6. The molecule has 12 heteroatoms. The highest BCUT2D eigenvalue weighted by Gasteiger charge is 2.32. The Morgan fingerprint density at radius 1 is 1.28 bits per heavy atom. The fraction of sp³-hybridized carbons (Fsp3) is 0.750. The second kappa shape index (κ2) is 13.3. The van der Waals surface area contributed by atoms with Crippen LogP contribution in [0.15, 0.2) is 17.3 Å². The lowest BCUT2D eigenvalue weighted by Gasteiger charge is -2.34. The number of hydrogen-bond acceptors (Lipinski definition) is 6. The highest BCUT2D eigenvalue weighted by Crippen LogP contribution is 2.27. The molecule has 3 rings (SSSR count). The summed E-state index contributed by atoms with van der Waals surface area (Å²) < 4.78 is 43.7. The van der Waals surface area contributed by atoms with Gasteiger partial charge in [0.15, 0.2) is 5.96 Å². The largest absolute Gasteiger partial charge is 0.433 e. The highest BCUT2D eigenvalue weighted by atomic mass is 127. The van der Waals surface area contributed by atoms with E-state index in [1.165, 1.54) is 0 Å². The number of nitrogens with zero attached hydrogens (tertiary/aromatic N) is 4. The lowest BCUT2D eigenvalue weighted by Crippen LogP contribution is -2.49. The zero-order chi connectivity index (χ0) is 22.1. The van der Waals surface area contributed by atoms with Crippen LogP contribution < -0.4 is 16.0 Å². The molecule has 1 aromatic heterocycles. The number of likely N-dealkylation sites (tertiary alicyclic amines) is 1. The number of guanidine groups is 1. The fourth-order valence-electron chi connectivity index (χ4n) is 3.80. The van der Waals surface area contributed by atoms with Gasteiger partial charge in [-0.15, -0.1) is 24.0 Å². The number of aromatic nitrogens is 2. The summed E-state index contributed by atoms with van der Waals surface area (Å²) in [6.07, 6.45) is -0.128. The number of alkyl halides is 3. The van der Waals surface area contributed by atoms with Crippen molar-refractivity contribution in [2.75, 3.05) is 57.8 Å². The van der Waals surface area contributed by atoms with Crippen molar-refractivity contribution in [3.63, 3.8) is 0 Å². The van der Waals surface area contributed by atoms with Gasteiger partial charge in [0.05, 0.1) is 13.2 Å². The molecule has 0 bridgehead atoms. The van der Waals surface area contributed by atoms with Crippen LogP contribution >= 0.6 is 24.0 Å². The summed E-state index contributed by atoms with van der Waals surface area (Å²) in [6, 6.07) is 1.21. The summed E-state index contributed by atoms with van der Waals surface area (Å²) >= 11 is 0. The minimum Gasteiger partial charge on any atom is -0.381 e. The monoisotopic (exact) mass is 571 g/mol. The molecule has 2 saturated heterocycles. The molecule has 1 aromatic rings. The highest BCUT2D eigenvalue weighted by molar-refractivity contribution is 14.0. The molecule has 0 aromatic carbocycles. The molecule has 32 heavy (non-hydrogen) atoms. The SMILES string of the molecule is CCNC(=NCCNc1nccc(C(F)(F)F)n1)NC1CCN(CC2CCOC2)CC1.I. The molecule has 8 nitrogen and oxygen atoms in total. The van der Waals surface area contributed by atoms with E-state index in [0.717, 1.165) is 76.9 Å². The maximum Gasteiger partial charge on any atom is 0.433 e. The van der Waals surface area contributed by atoms with Gasteiger partial charge < -0.3 is 25.6 Å². The van der Waals surface area contributed by atoms with Crippen LogP contribution in [0.1, 0.15) is 31.9 Å². The number of hydrogen-bond donors (Lipinski definition) is 3. The van der Waals surface area contributed by atoms with Gasteiger partial charge in [-0.1, -0.05) is 0 Å². The Morgan fingerprint density at radius 2 is 2.06 bits per heavy atom. The second-order valence-corrected chi connectivity index (χ2v) is 7.90. The van der Waals surface area contributed by atoms with Crippen LogP contribution in [0.25, 0.3) is 0 Å². The zero-order valence-corrected chi connectivity index (χ0v) is 20.7. The molecule has 2 fully saturated rings. The number of halogens is 4. The van der Waals surface area contributed by atoms with Gasteiger partial charge in [0.1, 0.15) is 5.69 Å². The van der Waals surface area contributed by atoms with Crippen LogP contribution in [0.5, 0.6) is 0 Å². The Hall–Kier alpha value is -1.41. The summed E-state index contributed by atoms with van der Waals surface area (Å²) in [5.41, 5.74) is -0.963. The van der Waals surface area contributed by atoms with E-state index < -0.39 is 11.9 Å². The Morgan fingerprint density at radius 3 is 2.72 bits per heavy atom.